The summed E-state index contributed by atoms with van der Waals surface area (Å²) in [6.45, 7) is 11.8. The van der Waals surface area contributed by atoms with Gasteiger partial charge in [-0.15, -0.1) is 0 Å². The van der Waals surface area contributed by atoms with Gasteiger partial charge in [-0.25, -0.2) is 4.85 Å². The maximum atomic E-state index is 12.0. The van der Waals surface area contributed by atoms with E-state index in [0.717, 1.165) is 60.6 Å². The molecular formula is C27H27N5O2. The number of piperazine rings is 1. The zero-order valence-corrected chi connectivity index (χ0v) is 18.9. The average Bonchev–Trinajstić information content (AvgIpc) is 3.31. The summed E-state index contributed by atoms with van der Waals surface area (Å²) >= 11 is 0. The quantitative estimate of drug-likeness (QED) is 0.431. The van der Waals surface area contributed by atoms with Crippen molar-refractivity contribution in [2.24, 2.45) is 0 Å². The van der Waals surface area contributed by atoms with E-state index in [1.54, 1.807) is 29.0 Å². The molecule has 0 amide bonds. The van der Waals surface area contributed by atoms with Gasteiger partial charge in [-0.3, -0.25) is 14.3 Å². The van der Waals surface area contributed by atoms with Gasteiger partial charge in [0.25, 0.3) is 5.56 Å². The predicted molar refractivity (Wildman–Crippen MR) is 135 cm³/mol. The number of benzene rings is 2. The van der Waals surface area contributed by atoms with Gasteiger partial charge in [-0.2, -0.15) is 0 Å². The molecule has 0 radical (unpaired) electrons. The second-order valence-electron chi connectivity index (χ2n) is 8.64. The van der Waals surface area contributed by atoms with Gasteiger partial charge in [-0.1, -0.05) is 12.1 Å². The molecule has 0 aliphatic carbocycles. The molecule has 3 heterocycles. The minimum atomic E-state index is -0.568. The Morgan fingerprint density at radius 2 is 1.76 bits per heavy atom. The van der Waals surface area contributed by atoms with Gasteiger partial charge in [0, 0.05) is 73.6 Å². The number of anilines is 1. The lowest BCUT2D eigenvalue weighted by Gasteiger charge is -2.36. The van der Waals surface area contributed by atoms with Crippen molar-refractivity contribution in [1.29, 1.82) is 0 Å². The molecule has 2 N–H and O–H groups in total. The first-order valence-corrected chi connectivity index (χ1v) is 11.5. The van der Waals surface area contributed by atoms with Gasteiger partial charge in [0.2, 0.25) is 0 Å². The van der Waals surface area contributed by atoms with E-state index < -0.39 is 6.10 Å². The molecule has 2 aromatic carbocycles. The zero-order chi connectivity index (χ0) is 23.5. The Kier molecular flexibility index (Phi) is 6.17. The van der Waals surface area contributed by atoms with Crippen LogP contribution in [0.3, 0.4) is 0 Å². The topological polar surface area (TPSA) is 68.9 Å². The highest BCUT2D eigenvalue weighted by Gasteiger charge is 2.20. The largest absolute Gasteiger partial charge is 0.388 e. The monoisotopic (exact) mass is 453 g/mol. The molecule has 5 rings (SSSR count). The zero-order valence-electron chi connectivity index (χ0n) is 18.9. The number of hydrogen-bond acceptors (Lipinski definition) is 4. The number of aliphatic hydroxyl groups is 1. The number of nitrogens with one attached hydrogen (secondary N) is 1. The van der Waals surface area contributed by atoms with Crippen LogP contribution < -0.4 is 10.5 Å². The maximum absolute atomic E-state index is 12.0. The molecule has 1 fully saturated rings. The summed E-state index contributed by atoms with van der Waals surface area (Å²) in [5, 5.41) is 11.7. The van der Waals surface area contributed by atoms with E-state index in [2.05, 4.69) is 31.8 Å². The van der Waals surface area contributed by atoms with Gasteiger partial charge < -0.3 is 15.0 Å². The maximum Gasteiger partial charge on any atom is 0.255 e. The Hall–Kier alpha value is -3.86. The number of hydrogen-bond donors (Lipinski definition) is 2. The molecule has 172 valence electrons. The Labute approximate surface area is 198 Å². The fourth-order valence-corrected chi connectivity index (χ4v) is 4.63. The summed E-state index contributed by atoms with van der Waals surface area (Å²) in [5.41, 5.74) is 4.37. The molecule has 1 atom stereocenters. The fourth-order valence-electron chi connectivity index (χ4n) is 4.63. The first kappa shape index (κ1) is 22.0. The van der Waals surface area contributed by atoms with Crippen LogP contribution in [0.15, 0.2) is 77.9 Å². The lowest BCUT2D eigenvalue weighted by atomic mass is 10.0. The first-order valence-electron chi connectivity index (χ1n) is 11.5. The van der Waals surface area contributed by atoms with E-state index >= 15 is 0 Å². The molecular weight excluding hydrogens is 426 g/mol. The first-order chi connectivity index (χ1) is 16.6. The Morgan fingerprint density at radius 3 is 2.50 bits per heavy atom. The van der Waals surface area contributed by atoms with Crippen molar-refractivity contribution in [2.45, 2.75) is 12.5 Å². The van der Waals surface area contributed by atoms with Crippen molar-refractivity contribution >= 4 is 22.3 Å². The van der Waals surface area contributed by atoms with Crippen LogP contribution >= 0.6 is 0 Å². The number of aliphatic hydroxyl groups excluding tert-OH is 1. The highest BCUT2D eigenvalue weighted by molar-refractivity contribution is 5.87. The summed E-state index contributed by atoms with van der Waals surface area (Å²) in [5.74, 6) is 0. The number of fused-ring (bicyclic) bond motifs is 1. The molecule has 1 saturated heterocycles. The minimum Gasteiger partial charge on any atom is -0.388 e. The highest BCUT2D eigenvalue weighted by atomic mass is 16.3. The molecule has 4 aromatic rings. The van der Waals surface area contributed by atoms with Crippen LogP contribution in [0.2, 0.25) is 0 Å². The molecule has 2 aromatic heterocycles. The van der Waals surface area contributed by atoms with E-state index in [1.165, 1.54) is 0 Å². The van der Waals surface area contributed by atoms with E-state index in [9.17, 15) is 9.90 Å². The van der Waals surface area contributed by atoms with E-state index in [1.807, 2.05) is 36.5 Å². The molecule has 1 aliphatic heterocycles. The third kappa shape index (κ3) is 4.46. The molecule has 0 spiro atoms. The van der Waals surface area contributed by atoms with Crippen LogP contribution in [-0.4, -0.2) is 52.3 Å². The summed E-state index contributed by atoms with van der Waals surface area (Å²) < 4.78 is 1.64. The predicted octanol–water partition coefficient (Wildman–Crippen LogP) is 4.12. The minimum absolute atomic E-state index is 0.0366. The third-order valence-corrected chi connectivity index (χ3v) is 6.59. The number of aromatic nitrogens is 2. The van der Waals surface area contributed by atoms with Gasteiger partial charge in [0.05, 0.1) is 12.7 Å². The third-order valence-electron chi connectivity index (χ3n) is 6.59. The Balaban J connectivity index is 1.16. The molecule has 34 heavy (non-hydrogen) atoms. The molecule has 7 heteroatoms. The summed E-state index contributed by atoms with van der Waals surface area (Å²) in [4.78, 5) is 23.5. The molecule has 7 nitrogen and oxygen atoms in total. The Morgan fingerprint density at radius 1 is 1.00 bits per heavy atom. The number of rotatable bonds is 6. The fraction of sp³-hybridized carbons (Fsp3) is 0.259. The Bertz CT molecular complexity index is 1370. The standard InChI is InChI=1S/C27H27N5O2/c1-28-20-5-10-25-23(18-20)24(19-29-25)26(33)11-13-30-14-16-31(17-15-30)21-6-8-22(9-7-21)32-12-3-2-4-27(32)34/h2-10,12,18-19,26,29,33H,11,13-17H2. The molecule has 0 bridgehead atoms. The van der Waals surface area contributed by atoms with Crippen LogP contribution in [0.1, 0.15) is 18.1 Å². The summed E-state index contributed by atoms with van der Waals surface area (Å²) in [6, 6.07) is 18.8. The lowest BCUT2D eigenvalue weighted by Crippen LogP contribution is -2.46. The second kappa shape index (κ2) is 9.56. The number of pyridine rings is 1. The number of nitrogens with zero attached hydrogens (tertiary/aromatic N) is 4. The van der Waals surface area contributed by atoms with Gasteiger partial charge in [0.15, 0.2) is 5.69 Å². The van der Waals surface area contributed by atoms with Gasteiger partial charge in [0.1, 0.15) is 0 Å². The molecule has 1 unspecified atom stereocenters. The lowest BCUT2D eigenvalue weighted by molar-refractivity contribution is 0.140. The van der Waals surface area contributed by atoms with Crippen molar-refractivity contribution in [2.75, 3.05) is 37.6 Å². The van der Waals surface area contributed by atoms with Crippen molar-refractivity contribution in [3.63, 3.8) is 0 Å². The van der Waals surface area contributed by atoms with Crippen molar-refractivity contribution in [1.82, 2.24) is 14.5 Å². The smallest absolute Gasteiger partial charge is 0.255 e. The summed E-state index contributed by atoms with van der Waals surface area (Å²) in [7, 11) is 0. The van der Waals surface area contributed by atoms with Crippen molar-refractivity contribution < 1.29 is 5.11 Å². The number of aromatic amines is 1. The highest BCUT2D eigenvalue weighted by Crippen LogP contribution is 2.29. The van der Waals surface area contributed by atoms with Gasteiger partial charge in [-0.05, 0) is 54.3 Å². The van der Waals surface area contributed by atoms with Crippen LogP contribution in [-0.2, 0) is 0 Å². The van der Waals surface area contributed by atoms with E-state index in [0.29, 0.717) is 12.1 Å². The van der Waals surface area contributed by atoms with Crippen LogP contribution in [0.5, 0.6) is 0 Å². The van der Waals surface area contributed by atoms with E-state index in [4.69, 9.17) is 6.57 Å². The normalized spacial score (nSPS) is 15.4. The SMILES string of the molecule is [C-]#[N+]c1ccc2[nH]cc(C(O)CCN3CCN(c4ccc(-n5ccccc5=O)cc4)CC3)c2c1. The average molecular weight is 454 g/mol. The molecule has 0 saturated carbocycles. The van der Waals surface area contributed by atoms with E-state index in [-0.39, 0.29) is 5.56 Å². The second-order valence-corrected chi connectivity index (χ2v) is 8.64. The van der Waals surface area contributed by atoms with Crippen LogP contribution in [0.25, 0.3) is 21.4 Å². The van der Waals surface area contributed by atoms with Gasteiger partial charge >= 0.3 is 0 Å². The van der Waals surface area contributed by atoms with Crippen LogP contribution in [0, 0.1) is 6.57 Å². The van der Waals surface area contributed by atoms with Crippen molar-refractivity contribution in [3.8, 4) is 5.69 Å². The van der Waals surface area contributed by atoms with Crippen LogP contribution in [0.4, 0.5) is 11.4 Å². The number of H-pyrrole nitrogens is 1. The molecule has 1 aliphatic rings. The summed E-state index contributed by atoms with van der Waals surface area (Å²) in [6.07, 6.45) is 3.72. The van der Waals surface area contributed by atoms with Crippen molar-refractivity contribution in [3.05, 3.63) is 100 Å².